The van der Waals surface area contributed by atoms with Crippen molar-refractivity contribution >= 4 is 18.2 Å². The molecule has 0 fully saturated rings. The average molecular weight is 346 g/mol. The van der Waals surface area contributed by atoms with Crippen LogP contribution in [0.4, 0.5) is 4.79 Å². The van der Waals surface area contributed by atoms with E-state index in [4.69, 9.17) is 14.6 Å². The molecule has 0 aliphatic rings. The van der Waals surface area contributed by atoms with Gasteiger partial charge in [-0.15, -0.1) is 0 Å². The topological polar surface area (TPSA) is 72.8 Å². The summed E-state index contributed by atoms with van der Waals surface area (Å²) < 4.78 is 10.3. The van der Waals surface area contributed by atoms with E-state index in [0.717, 1.165) is 25.3 Å². The molecule has 1 unspecified atom stereocenters. The highest BCUT2D eigenvalue weighted by Gasteiger charge is 2.10. The highest BCUT2D eigenvalue weighted by Crippen LogP contribution is 2.20. The Morgan fingerprint density at radius 1 is 1.20 bits per heavy atom. The van der Waals surface area contributed by atoms with Crippen LogP contribution in [-0.4, -0.2) is 23.8 Å². The fraction of sp³-hybridized carbons (Fsp3) is 0.400. The van der Waals surface area contributed by atoms with Crippen LogP contribution in [0.5, 0.6) is 5.75 Å². The molecule has 1 atom stereocenters. The number of rotatable bonds is 9. The standard InChI is InChI=1S/C20H26O5/c1-15(2)7-6-8-16(3)13-14-24-20(23)25-18-10-5-4-9-17(18)11-12-19(21)22/h4-5,7,9-12,16H,6,8,13-14H2,1-3H3,(H,21,22). The van der Waals surface area contributed by atoms with Crippen molar-refractivity contribution in [2.75, 3.05) is 6.61 Å². The molecule has 1 N–H and O–H groups in total. The van der Waals surface area contributed by atoms with E-state index in [9.17, 15) is 9.59 Å². The monoisotopic (exact) mass is 346 g/mol. The van der Waals surface area contributed by atoms with Gasteiger partial charge in [0.15, 0.2) is 0 Å². The molecule has 0 heterocycles. The molecular formula is C20H26O5. The Hall–Kier alpha value is -2.56. The number of carbonyl (C=O) groups is 2. The number of ether oxygens (including phenoxy) is 2. The van der Waals surface area contributed by atoms with E-state index in [1.54, 1.807) is 24.3 Å². The van der Waals surface area contributed by atoms with Gasteiger partial charge in [-0.1, -0.05) is 36.8 Å². The number of allylic oxidation sites excluding steroid dienone is 2. The van der Waals surface area contributed by atoms with Gasteiger partial charge in [0.25, 0.3) is 0 Å². The zero-order valence-electron chi connectivity index (χ0n) is 15.0. The lowest BCUT2D eigenvalue weighted by Crippen LogP contribution is -2.13. The first-order chi connectivity index (χ1) is 11.9. The van der Waals surface area contributed by atoms with Gasteiger partial charge in [0.1, 0.15) is 5.75 Å². The number of hydrogen-bond donors (Lipinski definition) is 1. The molecule has 0 radical (unpaired) electrons. The lowest BCUT2D eigenvalue weighted by molar-refractivity contribution is -0.131. The van der Waals surface area contributed by atoms with Crippen molar-refractivity contribution in [3.05, 3.63) is 47.6 Å². The molecule has 0 aliphatic carbocycles. The molecule has 0 bridgehead atoms. The van der Waals surface area contributed by atoms with Crippen LogP contribution in [0.1, 0.15) is 45.6 Å². The molecule has 1 aromatic carbocycles. The molecule has 0 spiro atoms. The molecular weight excluding hydrogens is 320 g/mol. The van der Waals surface area contributed by atoms with E-state index in [1.807, 2.05) is 0 Å². The first-order valence-corrected chi connectivity index (χ1v) is 8.36. The molecule has 0 saturated heterocycles. The summed E-state index contributed by atoms with van der Waals surface area (Å²) in [5, 5.41) is 8.68. The minimum absolute atomic E-state index is 0.265. The minimum Gasteiger partial charge on any atom is -0.478 e. The minimum atomic E-state index is -1.07. The Balaban J connectivity index is 2.42. The first-order valence-electron chi connectivity index (χ1n) is 8.36. The molecule has 0 aromatic heterocycles. The van der Waals surface area contributed by atoms with Crippen LogP contribution < -0.4 is 4.74 Å². The smallest absolute Gasteiger partial charge is 0.478 e. The lowest BCUT2D eigenvalue weighted by atomic mass is 10.0. The van der Waals surface area contributed by atoms with Gasteiger partial charge in [0.05, 0.1) is 6.61 Å². The van der Waals surface area contributed by atoms with Crippen molar-refractivity contribution < 1.29 is 24.2 Å². The molecule has 5 heteroatoms. The van der Waals surface area contributed by atoms with Gasteiger partial charge in [0, 0.05) is 11.6 Å². The van der Waals surface area contributed by atoms with Crippen LogP contribution in [0, 0.1) is 5.92 Å². The zero-order chi connectivity index (χ0) is 18.7. The van der Waals surface area contributed by atoms with Gasteiger partial charge in [0.2, 0.25) is 0 Å². The Morgan fingerprint density at radius 3 is 2.60 bits per heavy atom. The number of hydrogen-bond acceptors (Lipinski definition) is 4. The fourth-order valence-electron chi connectivity index (χ4n) is 2.14. The summed E-state index contributed by atoms with van der Waals surface area (Å²) in [6.45, 7) is 6.57. The zero-order valence-corrected chi connectivity index (χ0v) is 15.0. The van der Waals surface area contributed by atoms with Gasteiger partial charge in [-0.3, -0.25) is 0 Å². The van der Waals surface area contributed by atoms with Crippen molar-refractivity contribution in [2.45, 2.75) is 40.0 Å². The summed E-state index contributed by atoms with van der Waals surface area (Å²) in [6, 6.07) is 6.68. The van der Waals surface area contributed by atoms with Crippen molar-refractivity contribution in [1.82, 2.24) is 0 Å². The van der Waals surface area contributed by atoms with Crippen molar-refractivity contribution in [3.8, 4) is 5.75 Å². The van der Waals surface area contributed by atoms with Crippen molar-refractivity contribution in [2.24, 2.45) is 5.92 Å². The first kappa shape index (κ1) is 20.5. The highest BCUT2D eigenvalue weighted by atomic mass is 16.7. The molecule has 25 heavy (non-hydrogen) atoms. The SMILES string of the molecule is CC(C)=CCCC(C)CCOC(=O)Oc1ccccc1C=CC(=O)O. The van der Waals surface area contributed by atoms with Gasteiger partial charge in [-0.2, -0.15) is 0 Å². The number of aliphatic carboxylic acids is 1. The number of para-hydroxylation sites is 1. The predicted octanol–water partition coefficient (Wildman–Crippen LogP) is 5.07. The van der Waals surface area contributed by atoms with Crippen LogP contribution >= 0.6 is 0 Å². The molecule has 0 amide bonds. The number of carbonyl (C=O) groups excluding carboxylic acids is 1. The molecule has 0 saturated carbocycles. The van der Waals surface area contributed by atoms with E-state index in [2.05, 4.69) is 26.8 Å². The molecule has 5 nitrogen and oxygen atoms in total. The second kappa shape index (κ2) is 11.1. The molecule has 136 valence electrons. The summed E-state index contributed by atoms with van der Waals surface area (Å²) in [5.41, 5.74) is 1.81. The van der Waals surface area contributed by atoms with Crippen LogP contribution in [-0.2, 0) is 9.53 Å². The van der Waals surface area contributed by atoms with Crippen molar-refractivity contribution in [1.29, 1.82) is 0 Å². The Kier molecular flexibility index (Phi) is 9.07. The maximum Gasteiger partial charge on any atom is 0.513 e. The summed E-state index contributed by atoms with van der Waals surface area (Å²) in [5.74, 6) is -0.352. The average Bonchev–Trinajstić information content (AvgIpc) is 2.53. The number of carboxylic acids is 1. The second-order valence-electron chi connectivity index (χ2n) is 6.16. The van der Waals surface area contributed by atoms with E-state index in [0.29, 0.717) is 18.1 Å². The maximum atomic E-state index is 11.8. The normalized spacial score (nSPS) is 11.8. The Bertz CT molecular complexity index is 627. The van der Waals surface area contributed by atoms with Gasteiger partial charge in [-0.05, 0) is 51.2 Å². The summed E-state index contributed by atoms with van der Waals surface area (Å²) in [4.78, 5) is 22.4. The van der Waals surface area contributed by atoms with E-state index < -0.39 is 12.1 Å². The Labute approximate surface area is 149 Å². The fourth-order valence-corrected chi connectivity index (χ4v) is 2.14. The number of carboxylic acid groups (broad SMARTS) is 1. The summed E-state index contributed by atoms with van der Waals surface area (Å²) in [7, 11) is 0. The lowest BCUT2D eigenvalue weighted by Gasteiger charge is -2.11. The van der Waals surface area contributed by atoms with Crippen molar-refractivity contribution in [3.63, 3.8) is 0 Å². The highest BCUT2D eigenvalue weighted by molar-refractivity contribution is 5.86. The maximum absolute atomic E-state index is 11.8. The summed E-state index contributed by atoms with van der Waals surface area (Å²) >= 11 is 0. The van der Waals surface area contributed by atoms with Crippen LogP contribution in [0.3, 0.4) is 0 Å². The predicted molar refractivity (Wildman–Crippen MR) is 97.5 cm³/mol. The quantitative estimate of drug-likeness (QED) is 0.292. The largest absolute Gasteiger partial charge is 0.513 e. The second-order valence-corrected chi connectivity index (χ2v) is 6.16. The van der Waals surface area contributed by atoms with Crippen LogP contribution in [0.25, 0.3) is 6.08 Å². The Morgan fingerprint density at radius 2 is 1.92 bits per heavy atom. The van der Waals surface area contributed by atoms with E-state index in [-0.39, 0.29) is 5.75 Å². The third-order valence-electron chi connectivity index (χ3n) is 3.56. The van der Waals surface area contributed by atoms with Crippen LogP contribution in [0.15, 0.2) is 42.0 Å². The van der Waals surface area contributed by atoms with Gasteiger partial charge < -0.3 is 14.6 Å². The van der Waals surface area contributed by atoms with Crippen LogP contribution in [0.2, 0.25) is 0 Å². The van der Waals surface area contributed by atoms with E-state index >= 15 is 0 Å². The van der Waals surface area contributed by atoms with Gasteiger partial charge in [-0.25, -0.2) is 9.59 Å². The molecule has 1 rings (SSSR count). The molecule has 1 aromatic rings. The third kappa shape index (κ3) is 9.35. The third-order valence-corrected chi connectivity index (χ3v) is 3.56. The van der Waals surface area contributed by atoms with E-state index in [1.165, 1.54) is 11.6 Å². The summed E-state index contributed by atoms with van der Waals surface area (Å²) in [6.07, 6.45) is 6.62. The number of benzene rings is 1. The van der Waals surface area contributed by atoms with Gasteiger partial charge >= 0.3 is 12.1 Å². The molecule has 0 aliphatic heterocycles.